The third-order valence-electron chi connectivity index (χ3n) is 1.60. The van der Waals surface area contributed by atoms with E-state index in [9.17, 15) is 4.79 Å². The molecule has 0 N–H and O–H groups in total. The van der Waals surface area contributed by atoms with Gasteiger partial charge in [-0.25, -0.2) is 0 Å². The molecule has 0 fully saturated rings. The molecular weight excluding hydrogens is 150 g/mol. The van der Waals surface area contributed by atoms with Crippen molar-refractivity contribution in [2.45, 2.75) is 27.3 Å². The van der Waals surface area contributed by atoms with Crippen LogP contribution in [0.5, 0.6) is 0 Å². The van der Waals surface area contributed by atoms with Crippen LogP contribution in [0.2, 0.25) is 0 Å². The van der Waals surface area contributed by atoms with Gasteiger partial charge in [0.05, 0.1) is 0 Å². The average Bonchev–Trinajstić information content (AvgIpc) is 1.81. The first-order valence-electron chi connectivity index (χ1n) is 4.05. The largest absolute Gasteiger partial charge is 0.293 e. The quantitative estimate of drug-likeness (QED) is 0.601. The van der Waals surface area contributed by atoms with Crippen molar-refractivity contribution in [1.82, 2.24) is 0 Å². The molecule has 1 aromatic heterocycles. The Balaban J connectivity index is 2.93. The molecule has 64 valence electrons. The van der Waals surface area contributed by atoms with Crippen LogP contribution in [0.1, 0.15) is 18.1 Å². The van der Waals surface area contributed by atoms with Crippen molar-refractivity contribution in [2.75, 3.05) is 0 Å². The molecule has 0 aromatic carbocycles. The number of carbonyl (C=O) groups excluding carboxylic acids is 1. The predicted octanol–water partition coefficient (Wildman–Crippen LogP) is 1.18. The van der Waals surface area contributed by atoms with Crippen LogP contribution >= 0.6 is 0 Å². The molecule has 2 nitrogen and oxygen atoms in total. The molecule has 0 aliphatic carbocycles. The Morgan fingerprint density at radius 3 is 2.25 bits per heavy atom. The first kappa shape index (κ1) is 8.91. The van der Waals surface area contributed by atoms with Gasteiger partial charge in [-0.3, -0.25) is 4.79 Å². The standard InChI is InChI=1S/C10H14NO/c1-8-4-9(2)6-11(5-8)7-10(3)12/h4-6H,7H2,1-3H3/q+1. The lowest BCUT2D eigenvalue weighted by Gasteiger charge is -1.96. The minimum atomic E-state index is 0.185. The highest BCUT2D eigenvalue weighted by Crippen LogP contribution is 1.96. The van der Waals surface area contributed by atoms with Crippen LogP contribution in [-0.2, 0) is 11.3 Å². The van der Waals surface area contributed by atoms with Gasteiger partial charge in [0.25, 0.3) is 0 Å². The molecule has 0 amide bonds. The summed E-state index contributed by atoms with van der Waals surface area (Å²) < 4.78 is 1.92. The number of carbonyl (C=O) groups is 1. The van der Waals surface area contributed by atoms with Gasteiger partial charge in [0.2, 0.25) is 6.54 Å². The van der Waals surface area contributed by atoms with Crippen molar-refractivity contribution in [3.05, 3.63) is 29.6 Å². The van der Waals surface area contributed by atoms with E-state index in [-0.39, 0.29) is 5.78 Å². The molecule has 0 unspecified atom stereocenters. The van der Waals surface area contributed by atoms with E-state index in [1.807, 2.05) is 30.8 Å². The summed E-state index contributed by atoms with van der Waals surface area (Å²) in [5.41, 5.74) is 2.38. The summed E-state index contributed by atoms with van der Waals surface area (Å²) in [5.74, 6) is 0.185. The molecular formula is C10H14NO+. The Labute approximate surface area is 72.8 Å². The van der Waals surface area contributed by atoms with E-state index in [4.69, 9.17) is 0 Å². The number of nitrogens with zero attached hydrogens (tertiary/aromatic N) is 1. The van der Waals surface area contributed by atoms with Crippen LogP contribution in [-0.4, -0.2) is 5.78 Å². The zero-order valence-corrected chi connectivity index (χ0v) is 7.79. The van der Waals surface area contributed by atoms with Crippen LogP contribution in [0.25, 0.3) is 0 Å². The maximum absolute atomic E-state index is 10.8. The topological polar surface area (TPSA) is 20.9 Å². The summed E-state index contributed by atoms with van der Waals surface area (Å²) in [6.07, 6.45) is 3.96. The van der Waals surface area contributed by atoms with Gasteiger partial charge in [-0.2, -0.15) is 4.57 Å². The van der Waals surface area contributed by atoms with Gasteiger partial charge in [-0.05, 0) is 19.9 Å². The van der Waals surface area contributed by atoms with Gasteiger partial charge in [-0.1, -0.05) is 0 Å². The molecule has 0 saturated carbocycles. The van der Waals surface area contributed by atoms with Gasteiger partial charge >= 0.3 is 0 Å². The van der Waals surface area contributed by atoms with Crippen molar-refractivity contribution in [2.24, 2.45) is 0 Å². The molecule has 0 aliphatic rings. The SMILES string of the molecule is CC(=O)C[n+]1cc(C)cc(C)c1. The molecule has 0 saturated heterocycles. The van der Waals surface area contributed by atoms with Crippen molar-refractivity contribution in [3.63, 3.8) is 0 Å². The van der Waals surface area contributed by atoms with E-state index in [0.29, 0.717) is 6.54 Å². The fraction of sp³-hybridized carbons (Fsp3) is 0.400. The second kappa shape index (κ2) is 3.48. The summed E-state index contributed by atoms with van der Waals surface area (Å²) in [6.45, 7) is 6.14. The number of aromatic nitrogens is 1. The number of hydrogen-bond acceptors (Lipinski definition) is 1. The fourth-order valence-corrected chi connectivity index (χ4v) is 1.34. The molecule has 1 rings (SSSR count). The summed E-state index contributed by atoms with van der Waals surface area (Å²) in [7, 11) is 0. The van der Waals surface area contributed by atoms with E-state index in [1.165, 1.54) is 11.1 Å². The number of Topliss-reactive ketones (excluding diaryl/α,β-unsaturated/α-hetero) is 1. The summed E-state index contributed by atoms with van der Waals surface area (Å²) >= 11 is 0. The molecule has 0 bridgehead atoms. The van der Waals surface area contributed by atoms with E-state index >= 15 is 0 Å². The minimum Gasteiger partial charge on any atom is -0.293 e. The lowest BCUT2D eigenvalue weighted by atomic mass is 10.2. The number of ketones is 1. The van der Waals surface area contributed by atoms with Crippen LogP contribution in [0.4, 0.5) is 0 Å². The van der Waals surface area contributed by atoms with Crippen molar-refractivity contribution in [1.29, 1.82) is 0 Å². The second-order valence-corrected chi connectivity index (χ2v) is 3.26. The van der Waals surface area contributed by atoms with Gasteiger partial charge in [0.1, 0.15) is 0 Å². The molecule has 0 atom stereocenters. The van der Waals surface area contributed by atoms with Gasteiger partial charge in [0, 0.05) is 18.1 Å². The predicted molar refractivity (Wildman–Crippen MR) is 46.8 cm³/mol. The van der Waals surface area contributed by atoms with Crippen molar-refractivity contribution < 1.29 is 9.36 Å². The molecule has 1 heterocycles. The van der Waals surface area contributed by atoms with E-state index in [1.54, 1.807) is 6.92 Å². The third kappa shape index (κ3) is 2.46. The van der Waals surface area contributed by atoms with Crippen molar-refractivity contribution >= 4 is 5.78 Å². The third-order valence-corrected chi connectivity index (χ3v) is 1.60. The zero-order valence-electron chi connectivity index (χ0n) is 7.79. The van der Waals surface area contributed by atoms with E-state index < -0.39 is 0 Å². The zero-order chi connectivity index (χ0) is 9.14. The molecule has 12 heavy (non-hydrogen) atoms. The number of pyridine rings is 1. The smallest absolute Gasteiger partial charge is 0.206 e. The Morgan fingerprint density at radius 2 is 1.83 bits per heavy atom. The highest BCUT2D eigenvalue weighted by Gasteiger charge is 2.04. The fourth-order valence-electron chi connectivity index (χ4n) is 1.34. The summed E-state index contributed by atoms with van der Waals surface area (Å²) in [4.78, 5) is 10.8. The number of rotatable bonds is 2. The average molecular weight is 164 g/mol. The second-order valence-electron chi connectivity index (χ2n) is 3.26. The first-order valence-corrected chi connectivity index (χ1v) is 4.05. The van der Waals surface area contributed by atoms with Crippen molar-refractivity contribution in [3.8, 4) is 0 Å². The van der Waals surface area contributed by atoms with Crippen LogP contribution in [0, 0.1) is 13.8 Å². The summed E-state index contributed by atoms with van der Waals surface area (Å²) in [6, 6.07) is 2.09. The normalized spacial score (nSPS) is 9.92. The molecule has 0 radical (unpaired) electrons. The Bertz CT molecular complexity index is 284. The Morgan fingerprint density at radius 1 is 1.33 bits per heavy atom. The number of hydrogen-bond donors (Lipinski definition) is 0. The van der Waals surface area contributed by atoms with E-state index in [0.717, 1.165) is 0 Å². The van der Waals surface area contributed by atoms with Gasteiger partial charge < -0.3 is 0 Å². The van der Waals surface area contributed by atoms with E-state index in [2.05, 4.69) is 6.07 Å². The minimum absolute atomic E-state index is 0.185. The first-order chi connectivity index (χ1) is 5.58. The molecule has 0 aliphatic heterocycles. The lowest BCUT2D eigenvalue weighted by molar-refractivity contribution is -0.684. The monoisotopic (exact) mass is 164 g/mol. The maximum atomic E-state index is 10.8. The highest BCUT2D eigenvalue weighted by molar-refractivity contribution is 5.73. The molecule has 0 spiro atoms. The summed E-state index contributed by atoms with van der Waals surface area (Å²) in [5, 5.41) is 0. The Kier molecular flexibility index (Phi) is 2.58. The van der Waals surface area contributed by atoms with Crippen LogP contribution in [0.15, 0.2) is 18.5 Å². The Hall–Kier alpha value is -1.18. The van der Waals surface area contributed by atoms with Gasteiger partial charge in [-0.15, -0.1) is 0 Å². The van der Waals surface area contributed by atoms with Crippen LogP contribution in [0.3, 0.4) is 0 Å². The molecule has 1 aromatic rings. The lowest BCUT2D eigenvalue weighted by Crippen LogP contribution is -2.37. The van der Waals surface area contributed by atoms with Crippen LogP contribution < -0.4 is 4.57 Å². The number of aryl methyl sites for hydroxylation is 2. The molecule has 2 heteroatoms. The van der Waals surface area contributed by atoms with Gasteiger partial charge in [0.15, 0.2) is 18.2 Å². The maximum Gasteiger partial charge on any atom is 0.206 e. The highest BCUT2D eigenvalue weighted by atomic mass is 16.1.